The highest BCUT2D eigenvalue weighted by atomic mass is 16.1. The summed E-state index contributed by atoms with van der Waals surface area (Å²) in [5, 5.41) is 3.35. The number of hydrogen-bond acceptors (Lipinski definition) is 3. The molecule has 4 heteroatoms. The molecule has 1 fully saturated rings. The second-order valence-corrected chi connectivity index (χ2v) is 5.26. The molecule has 1 atom stereocenters. The van der Waals surface area contributed by atoms with Gasteiger partial charge in [-0.25, -0.2) is 4.98 Å². The van der Waals surface area contributed by atoms with Gasteiger partial charge in [0.1, 0.15) is 5.82 Å². The monoisotopic (exact) mass is 235 g/mol. The minimum Gasteiger partial charge on any atom is -0.316 e. The molecule has 1 aromatic rings. The number of nitrogens with one attached hydrogen (secondary N) is 2. The number of hydrogen-bond donors (Lipinski definition) is 2. The number of H-pyrrole nitrogens is 1. The largest absolute Gasteiger partial charge is 0.316 e. The van der Waals surface area contributed by atoms with Crippen LogP contribution in [0.4, 0.5) is 0 Å². The van der Waals surface area contributed by atoms with E-state index in [9.17, 15) is 4.79 Å². The van der Waals surface area contributed by atoms with Gasteiger partial charge < -0.3 is 10.3 Å². The van der Waals surface area contributed by atoms with Crippen LogP contribution < -0.4 is 10.9 Å². The van der Waals surface area contributed by atoms with E-state index in [0.29, 0.717) is 11.8 Å². The van der Waals surface area contributed by atoms with Crippen LogP contribution in [0.25, 0.3) is 0 Å². The molecular formula is C13H21N3O. The van der Waals surface area contributed by atoms with E-state index >= 15 is 0 Å². The number of rotatable bonds is 3. The molecule has 4 nitrogen and oxygen atoms in total. The molecule has 0 spiro atoms. The van der Waals surface area contributed by atoms with Crippen LogP contribution in [0, 0.1) is 5.92 Å². The van der Waals surface area contributed by atoms with Crippen molar-refractivity contribution in [1.82, 2.24) is 15.3 Å². The van der Waals surface area contributed by atoms with Gasteiger partial charge in [0.05, 0.1) is 0 Å². The maximum Gasteiger partial charge on any atom is 0.251 e. The Labute approximate surface area is 102 Å². The smallest absolute Gasteiger partial charge is 0.251 e. The fraction of sp³-hybridized carbons (Fsp3) is 0.692. The van der Waals surface area contributed by atoms with Crippen molar-refractivity contribution in [3.8, 4) is 0 Å². The molecule has 17 heavy (non-hydrogen) atoms. The first kappa shape index (κ1) is 12.3. The topological polar surface area (TPSA) is 57.8 Å². The van der Waals surface area contributed by atoms with Crippen LogP contribution in [0.15, 0.2) is 10.9 Å². The lowest BCUT2D eigenvalue weighted by Crippen LogP contribution is -2.30. The standard InChI is InChI=1S/C13H21N3O/c1-9(2)6-11-7-12(17)16-13(15-11)10-4-3-5-14-8-10/h7,9-10,14H,3-6,8H2,1-2H3,(H,15,16,17). The number of piperidine rings is 1. The van der Waals surface area contributed by atoms with Gasteiger partial charge in [0.15, 0.2) is 0 Å². The van der Waals surface area contributed by atoms with E-state index in [1.165, 1.54) is 0 Å². The van der Waals surface area contributed by atoms with Crippen molar-refractivity contribution < 1.29 is 0 Å². The number of nitrogens with zero attached hydrogens (tertiary/aromatic N) is 1. The average Bonchev–Trinajstić information content (AvgIpc) is 2.28. The lowest BCUT2D eigenvalue weighted by Gasteiger charge is -2.22. The van der Waals surface area contributed by atoms with Crippen LogP contribution in [0.3, 0.4) is 0 Å². The zero-order valence-electron chi connectivity index (χ0n) is 10.6. The van der Waals surface area contributed by atoms with Gasteiger partial charge in [-0.1, -0.05) is 13.8 Å². The summed E-state index contributed by atoms with van der Waals surface area (Å²) in [6.07, 6.45) is 3.14. The molecule has 2 heterocycles. The molecule has 1 unspecified atom stereocenters. The van der Waals surface area contributed by atoms with Crippen LogP contribution in [-0.4, -0.2) is 23.1 Å². The quantitative estimate of drug-likeness (QED) is 0.833. The highest BCUT2D eigenvalue weighted by molar-refractivity contribution is 5.07. The van der Waals surface area contributed by atoms with E-state index in [1.54, 1.807) is 6.07 Å². The highest BCUT2D eigenvalue weighted by Crippen LogP contribution is 2.19. The van der Waals surface area contributed by atoms with Gasteiger partial charge in [-0.3, -0.25) is 4.79 Å². The van der Waals surface area contributed by atoms with Crippen molar-refractivity contribution in [2.45, 2.75) is 39.0 Å². The van der Waals surface area contributed by atoms with E-state index in [4.69, 9.17) is 0 Å². The average molecular weight is 235 g/mol. The predicted molar refractivity (Wildman–Crippen MR) is 68.2 cm³/mol. The number of aromatic nitrogens is 2. The van der Waals surface area contributed by atoms with Gasteiger partial charge >= 0.3 is 0 Å². The summed E-state index contributed by atoms with van der Waals surface area (Å²) >= 11 is 0. The van der Waals surface area contributed by atoms with E-state index in [0.717, 1.165) is 43.9 Å². The Bertz CT molecular complexity index is 419. The summed E-state index contributed by atoms with van der Waals surface area (Å²) in [6.45, 7) is 6.29. The van der Waals surface area contributed by atoms with Gasteiger partial charge in [-0.05, 0) is 31.7 Å². The zero-order chi connectivity index (χ0) is 12.3. The van der Waals surface area contributed by atoms with E-state index in [2.05, 4.69) is 29.1 Å². The Balaban J connectivity index is 2.21. The molecule has 0 amide bonds. The molecule has 2 rings (SSSR count). The van der Waals surface area contributed by atoms with Gasteiger partial charge in [0.25, 0.3) is 5.56 Å². The van der Waals surface area contributed by atoms with Crippen molar-refractivity contribution in [3.05, 3.63) is 27.9 Å². The second-order valence-electron chi connectivity index (χ2n) is 5.26. The van der Waals surface area contributed by atoms with Crippen LogP contribution in [0.5, 0.6) is 0 Å². The molecule has 0 saturated carbocycles. The van der Waals surface area contributed by atoms with Crippen LogP contribution in [0.2, 0.25) is 0 Å². The van der Waals surface area contributed by atoms with Crippen LogP contribution >= 0.6 is 0 Å². The number of aromatic amines is 1. The van der Waals surface area contributed by atoms with Crippen LogP contribution in [-0.2, 0) is 6.42 Å². The molecular weight excluding hydrogens is 214 g/mol. The SMILES string of the molecule is CC(C)Cc1cc(=O)[nH]c(C2CCCNC2)n1. The normalized spacial score (nSPS) is 20.8. The molecule has 0 bridgehead atoms. The minimum absolute atomic E-state index is 0.0174. The molecule has 2 N–H and O–H groups in total. The molecule has 94 valence electrons. The maximum absolute atomic E-state index is 11.6. The first-order chi connectivity index (χ1) is 8.15. The first-order valence-corrected chi connectivity index (χ1v) is 6.46. The molecule has 0 radical (unpaired) electrons. The third kappa shape index (κ3) is 3.40. The third-order valence-corrected chi connectivity index (χ3v) is 3.11. The van der Waals surface area contributed by atoms with Gasteiger partial charge in [-0.2, -0.15) is 0 Å². The lowest BCUT2D eigenvalue weighted by atomic mass is 9.98. The Morgan fingerprint density at radius 2 is 2.35 bits per heavy atom. The molecule has 1 aliphatic heterocycles. The maximum atomic E-state index is 11.6. The van der Waals surface area contributed by atoms with E-state index in [1.807, 2.05) is 0 Å². The summed E-state index contributed by atoms with van der Waals surface area (Å²) in [5.41, 5.74) is 0.903. The summed E-state index contributed by atoms with van der Waals surface area (Å²) in [4.78, 5) is 19.1. The zero-order valence-corrected chi connectivity index (χ0v) is 10.6. The minimum atomic E-state index is -0.0174. The van der Waals surface area contributed by atoms with Gasteiger partial charge in [-0.15, -0.1) is 0 Å². The Morgan fingerprint density at radius 1 is 1.53 bits per heavy atom. The van der Waals surface area contributed by atoms with Crippen molar-refractivity contribution in [3.63, 3.8) is 0 Å². The Hall–Kier alpha value is -1.16. The molecule has 0 aliphatic carbocycles. The summed E-state index contributed by atoms with van der Waals surface area (Å²) in [7, 11) is 0. The third-order valence-electron chi connectivity index (χ3n) is 3.11. The van der Waals surface area contributed by atoms with E-state index < -0.39 is 0 Å². The second kappa shape index (κ2) is 5.45. The van der Waals surface area contributed by atoms with E-state index in [-0.39, 0.29) is 5.56 Å². The fourth-order valence-electron chi connectivity index (χ4n) is 2.33. The molecule has 0 aromatic carbocycles. The van der Waals surface area contributed by atoms with Crippen molar-refractivity contribution in [2.24, 2.45) is 5.92 Å². The summed E-state index contributed by atoms with van der Waals surface area (Å²) in [6, 6.07) is 1.62. The Morgan fingerprint density at radius 3 is 3.00 bits per heavy atom. The Kier molecular flexibility index (Phi) is 3.94. The molecule has 1 saturated heterocycles. The molecule has 1 aromatic heterocycles. The van der Waals surface area contributed by atoms with Crippen molar-refractivity contribution in [2.75, 3.05) is 13.1 Å². The van der Waals surface area contributed by atoms with Gasteiger partial charge in [0, 0.05) is 24.2 Å². The molecule has 1 aliphatic rings. The van der Waals surface area contributed by atoms with Crippen LogP contribution in [0.1, 0.15) is 44.1 Å². The van der Waals surface area contributed by atoms with Crippen molar-refractivity contribution in [1.29, 1.82) is 0 Å². The summed E-state index contributed by atoms with van der Waals surface area (Å²) in [5.74, 6) is 1.76. The summed E-state index contributed by atoms with van der Waals surface area (Å²) < 4.78 is 0. The van der Waals surface area contributed by atoms with Crippen molar-refractivity contribution >= 4 is 0 Å². The lowest BCUT2D eigenvalue weighted by molar-refractivity contribution is 0.444. The highest BCUT2D eigenvalue weighted by Gasteiger charge is 2.18. The first-order valence-electron chi connectivity index (χ1n) is 6.46. The predicted octanol–water partition coefficient (Wildman–Crippen LogP) is 1.44. The van der Waals surface area contributed by atoms with Gasteiger partial charge in [0.2, 0.25) is 0 Å². The fourth-order valence-corrected chi connectivity index (χ4v) is 2.33.